The molecule has 0 radical (unpaired) electrons. The maximum Gasteiger partial charge on any atom is 0.320 e. The first kappa shape index (κ1) is 32.0. The molecule has 2 amide bonds. The lowest BCUT2D eigenvalue weighted by molar-refractivity contribution is -0.144. The minimum Gasteiger partial charge on any atom is -0.466 e. The summed E-state index contributed by atoms with van der Waals surface area (Å²) in [5, 5.41) is 11.0. The fraction of sp³-hybridized carbons (Fsp3) is 0.531. The van der Waals surface area contributed by atoms with Gasteiger partial charge in [-0.05, 0) is 55.7 Å². The predicted octanol–water partition coefficient (Wildman–Crippen LogP) is 7.93. The maximum atomic E-state index is 15.8. The Morgan fingerprint density at radius 1 is 1.14 bits per heavy atom. The smallest absolute Gasteiger partial charge is 0.320 e. The third kappa shape index (κ3) is 6.38. The SMILES string of the molecule is CCOC(=O)CC1CCN(C(=O)N2C[C@@H](CC(C)(C)C)[C@](C#N)(c3ccc(Cl)cc3F)[C@H]2c2cccc(Cl)c2F)CC1. The molecule has 0 spiro atoms. The first-order valence-corrected chi connectivity index (χ1v) is 15.1. The topological polar surface area (TPSA) is 73.6 Å². The second-order valence-corrected chi connectivity index (χ2v) is 13.3. The quantitative estimate of drug-likeness (QED) is 0.308. The molecule has 0 aromatic heterocycles. The lowest BCUT2D eigenvalue weighted by atomic mass is 9.63. The summed E-state index contributed by atoms with van der Waals surface area (Å²) >= 11 is 12.3. The number of esters is 1. The van der Waals surface area contributed by atoms with E-state index in [1.807, 2.05) is 20.8 Å². The second kappa shape index (κ2) is 12.8. The van der Waals surface area contributed by atoms with Crippen LogP contribution in [0.4, 0.5) is 13.6 Å². The van der Waals surface area contributed by atoms with E-state index in [4.69, 9.17) is 27.9 Å². The van der Waals surface area contributed by atoms with Gasteiger partial charge in [0.05, 0.1) is 23.7 Å². The number of piperidine rings is 1. The Balaban J connectivity index is 1.80. The van der Waals surface area contributed by atoms with Crippen molar-refractivity contribution in [1.29, 1.82) is 5.26 Å². The molecule has 2 saturated heterocycles. The van der Waals surface area contributed by atoms with Gasteiger partial charge in [-0.15, -0.1) is 0 Å². The van der Waals surface area contributed by atoms with Gasteiger partial charge in [-0.2, -0.15) is 5.26 Å². The van der Waals surface area contributed by atoms with Crippen molar-refractivity contribution in [3.63, 3.8) is 0 Å². The van der Waals surface area contributed by atoms with E-state index >= 15 is 8.78 Å². The molecule has 2 aromatic carbocycles. The van der Waals surface area contributed by atoms with Crippen molar-refractivity contribution in [2.75, 3.05) is 26.2 Å². The van der Waals surface area contributed by atoms with E-state index < -0.39 is 29.0 Å². The molecule has 42 heavy (non-hydrogen) atoms. The Morgan fingerprint density at radius 3 is 2.43 bits per heavy atom. The summed E-state index contributed by atoms with van der Waals surface area (Å²) in [4.78, 5) is 29.5. The number of nitrogens with zero attached hydrogens (tertiary/aromatic N) is 3. The van der Waals surface area contributed by atoms with Crippen molar-refractivity contribution in [1.82, 2.24) is 9.80 Å². The summed E-state index contributed by atoms with van der Waals surface area (Å²) in [6, 6.07) is 9.49. The van der Waals surface area contributed by atoms with Crippen LogP contribution in [0.1, 0.15) is 70.5 Å². The molecular weight excluding hydrogens is 583 g/mol. The molecule has 4 rings (SSSR count). The van der Waals surface area contributed by atoms with Crippen molar-refractivity contribution >= 4 is 35.2 Å². The molecule has 226 valence electrons. The van der Waals surface area contributed by atoms with Crippen LogP contribution in [0.15, 0.2) is 36.4 Å². The molecule has 0 N–H and O–H groups in total. The zero-order valence-electron chi connectivity index (χ0n) is 24.4. The van der Waals surface area contributed by atoms with E-state index in [1.54, 1.807) is 17.9 Å². The number of halogens is 4. The molecule has 6 nitrogen and oxygen atoms in total. The molecule has 2 aliphatic rings. The van der Waals surface area contributed by atoms with Crippen LogP contribution in [0.2, 0.25) is 10.0 Å². The predicted molar refractivity (Wildman–Crippen MR) is 158 cm³/mol. The number of nitriles is 1. The van der Waals surface area contributed by atoms with Gasteiger partial charge in [0.15, 0.2) is 0 Å². The number of benzene rings is 2. The standard InChI is InChI=1S/C32H37Cl2F2N3O3/c1-5-42-27(40)15-20-11-13-38(14-12-20)30(41)39-18-21(17-31(2,3)4)32(19-37,24-10-9-22(33)16-26(24)35)29(39)23-7-6-8-25(34)28(23)36/h6-10,16,20-21,29H,5,11-15,17-18H2,1-4H3/t21-,29-,32-/m1/s1. The lowest BCUT2D eigenvalue weighted by Gasteiger charge is -2.40. The van der Waals surface area contributed by atoms with Crippen LogP contribution >= 0.6 is 23.2 Å². The second-order valence-electron chi connectivity index (χ2n) is 12.5. The number of hydrogen-bond acceptors (Lipinski definition) is 4. The Kier molecular flexibility index (Phi) is 9.74. The summed E-state index contributed by atoms with van der Waals surface area (Å²) in [5.74, 6) is -2.15. The van der Waals surface area contributed by atoms with Gasteiger partial charge in [0, 0.05) is 48.1 Å². The molecule has 0 aliphatic carbocycles. The molecule has 0 unspecified atom stereocenters. The zero-order chi connectivity index (χ0) is 30.8. The van der Waals surface area contributed by atoms with E-state index in [-0.39, 0.29) is 57.5 Å². The van der Waals surface area contributed by atoms with Gasteiger partial charge in [-0.3, -0.25) is 4.79 Å². The van der Waals surface area contributed by atoms with Gasteiger partial charge in [-0.1, -0.05) is 62.2 Å². The van der Waals surface area contributed by atoms with E-state index in [9.17, 15) is 14.9 Å². The van der Waals surface area contributed by atoms with E-state index in [0.717, 1.165) is 6.07 Å². The highest BCUT2D eigenvalue weighted by Crippen LogP contribution is 2.56. The lowest BCUT2D eigenvalue weighted by Crippen LogP contribution is -2.48. The molecule has 10 heteroatoms. The summed E-state index contributed by atoms with van der Waals surface area (Å²) in [6.45, 7) is 9.02. The minimum absolute atomic E-state index is 0.0559. The molecule has 2 fully saturated rings. The number of likely N-dealkylation sites (tertiary alicyclic amines) is 2. The number of rotatable bonds is 6. The van der Waals surface area contributed by atoms with Crippen LogP contribution in [-0.4, -0.2) is 48.0 Å². The van der Waals surface area contributed by atoms with Crippen molar-refractivity contribution in [3.8, 4) is 6.07 Å². The third-order valence-electron chi connectivity index (χ3n) is 8.39. The summed E-state index contributed by atoms with van der Waals surface area (Å²) in [6.07, 6.45) is 1.97. The molecule has 2 heterocycles. The van der Waals surface area contributed by atoms with Crippen LogP contribution in [0.5, 0.6) is 0 Å². The van der Waals surface area contributed by atoms with Gasteiger partial charge < -0.3 is 14.5 Å². The Bertz CT molecular complexity index is 1370. The number of carbonyl (C=O) groups is 2. The summed E-state index contributed by atoms with van der Waals surface area (Å²) in [5.41, 5.74) is -1.81. The average molecular weight is 621 g/mol. The Morgan fingerprint density at radius 2 is 1.83 bits per heavy atom. The Hall–Kier alpha value is -2.89. The summed E-state index contributed by atoms with van der Waals surface area (Å²) < 4.78 is 36.7. The number of carbonyl (C=O) groups excluding carboxylic acids is 2. The van der Waals surface area contributed by atoms with Crippen molar-refractivity contribution in [3.05, 3.63) is 69.2 Å². The third-order valence-corrected chi connectivity index (χ3v) is 8.92. The average Bonchev–Trinajstić information content (AvgIpc) is 3.23. The molecular formula is C32H37Cl2F2N3O3. The van der Waals surface area contributed by atoms with Crippen molar-refractivity contribution in [2.24, 2.45) is 17.3 Å². The number of amides is 2. The largest absolute Gasteiger partial charge is 0.466 e. The van der Waals surface area contributed by atoms with Crippen LogP contribution < -0.4 is 0 Å². The number of ether oxygens (including phenoxy) is 1. The van der Waals surface area contributed by atoms with Gasteiger partial charge >= 0.3 is 12.0 Å². The maximum absolute atomic E-state index is 15.8. The van der Waals surface area contributed by atoms with Crippen LogP contribution in [0.3, 0.4) is 0 Å². The highest BCUT2D eigenvalue weighted by molar-refractivity contribution is 6.31. The zero-order valence-corrected chi connectivity index (χ0v) is 25.9. The first-order valence-electron chi connectivity index (χ1n) is 14.3. The highest BCUT2D eigenvalue weighted by atomic mass is 35.5. The minimum atomic E-state index is -1.63. The normalized spacial score (nSPS) is 23.1. The Labute approximate surface area is 256 Å². The molecule has 3 atom stereocenters. The number of hydrogen-bond donors (Lipinski definition) is 0. The van der Waals surface area contributed by atoms with E-state index in [2.05, 4.69) is 6.07 Å². The summed E-state index contributed by atoms with van der Waals surface area (Å²) in [7, 11) is 0. The van der Waals surface area contributed by atoms with E-state index in [1.165, 1.54) is 29.2 Å². The molecule has 2 aliphatic heterocycles. The molecule has 2 aromatic rings. The van der Waals surface area contributed by atoms with Gasteiger partial charge in [0.25, 0.3) is 0 Å². The fourth-order valence-corrected chi connectivity index (χ4v) is 6.97. The van der Waals surface area contributed by atoms with Crippen molar-refractivity contribution in [2.45, 2.75) is 64.8 Å². The molecule has 0 bridgehead atoms. The van der Waals surface area contributed by atoms with Gasteiger partial charge in [0.2, 0.25) is 0 Å². The first-order chi connectivity index (χ1) is 19.8. The van der Waals surface area contributed by atoms with Crippen molar-refractivity contribution < 1.29 is 23.1 Å². The van der Waals surface area contributed by atoms with Crippen LogP contribution in [-0.2, 0) is 14.9 Å². The van der Waals surface area contributed by atoms with Crippen LogP contribution in [0.25, 0.3) is 0 Å². The van der Waals surface area contributed by atoms with Gasteiger partial charge in [0.1, 0.15) is 17.0 Å². The highest BCUT2D eigenvalue weighted by Gasteiger charge is 2.60. The van der Waals surface area contributed by atoms with E-state index in [0.29, 0.717) is 39.0 Å². The van der Waals surface area contributed by atoms with Crippen LogP contribution in [0, 0.1) is 40.2 Å². The van der Waals surface area contributed by atoms with Gasteiger partial charge in [-0.25, -0.2) is 13.6 Å². The monoisotopic (exact) mass is 619 g/mol. The fourth-order valence-electron chi connectivity index (χ4n) is 6.62. The number of urea groups is 1. The molecule has 0 saturated carbocycles.